The normalized spacial score (nSPS) is 14.5. The van der Waals surface area contributed by atoms with Crippen LogP contribution >= 0.6 is 0 Å². The minimum Gasteiger partial charge on any atom is -0.456 e. The summed E-state index contributed by atoms with van der Waals surface area (Å²) in [6, 6.07) is 0. The Morgan fingerprint density at radius 3 is 1.68 bits per heavy atom. The van der Waals surface area contributed by atoms with Gasteiger partial charge in [-0.2, -0.15) is 0 Å². The third-order valence-corrected chi connectivity index (χ3v) is 7.51. The lowest BCUT2D eigenvalue weighted by Crippen LogP contribution is -2.58. The van der Waals surface area contributed by atoms with E-state index in [-0.39, 0.29) is 12.3 Å². The van der Waals surface area contributed by atoms with Crippen LogP contribution in [-0.4, -0.2) is 62.1 Å². The molecule has 1 atom stereocenters. The molecule has 0 saturated carbocycles. The van der Waals surface area contributed by atoms with Crippen molar-refractivity contribution in [1.82, 2.24) is 0 Å². The zero-order valence-corrected chi connectivity index (χ0v) is 25.5. The first-order valence-electron chi connectivity index (χ1n) is 13.4. The standard InChI is InChI=1S/C29H53BO7/c1-14-23(31)36-26(7,8)18-20-33-22-25(5,6)29(16-3,28(11,12)34-17-4)30(13)35-21-19-27(9,10)37-24(32)15-2/h14-15H,1-2,16-22H2,3-13H3. The van der Waals surface area contributed by atoms with Gasteiger partial charge in [-0.05, 0) is 53.9 Å². The van der Waals surface area contributed by atoms with Crippen molar-refractivity contribution in [2.45, 2.75) is 117 Å². The summed E-state index contributed by atoms with van der Waals surface area (Å²) < 4.78 is 29.9. The molecule has 0 spiro atoms. The molecule has 0 fully saturated rings. The van der Waals surface area contributed by atoms with Gasteiger partial charge in [0.25, 0.3) is 6.92 Å². The van der Waals surface area contributed by atoms with Crippen LogP contribution in [0.3, 0.4) is 0 Å². The average molecular weight is 525 g/mol. The molecule has 0 aromatic rings. The summed E-state index contributed by atoms with van der Waals surface area (Å²) in [5, 5.41) is -0.414. The molecule has 0 aliphatic heterocycles. The van der Waals surface area contributed by atoms with Gasteiger partial charge >= 0.3 is 11.9 Å². The van der Waals surface area contributed by atoms with Crippen molar-refractivity contribution >= 4 is 18.9 Å². The van der Waals surface area contributed by atoms with E-state index >= 15 is 0 Å². The Bertz CT molecular complexity index is 757. The van der Waals surface area contributed by atoms with Crippen LogP contribution < -0.4 is 0 Å². The molecule has 0 aromatic carbocycles. The van der Waals surface area contributed by atoms with Crippen molar-refractivity contribution in [2.24, 2.45) is 5.41 Å². The average Bonchev–Trinajstić information content (AvgIpc) is 2.76. The molecule has 0 heterocycles. The fourth-order valence-electron chi connectivity index (χ4n) is 5.66. The molecule has 1 unspecified atom stereocenters. The van der Waals surface area contributed by atoms with E-state index in [9.17, 15) is 9.59 Å². The van der Waals surface area contributed by atoms with Gasteiger partial charge < -0.3 is 23.6 Å². The van der Waals surface area contributed by atoms with Gasteiger partial charge in [-0.3, -0.25) is 0 Å². The number of carbonyl (C=O) groups is 2. The van der Waals surface area contributed by atoms with Crippen LogP contribution in [0.4, 0.5) is 0 Å². The molecular weight excluding hydrogens is 471 g/mol. The van der Waals surface area contributed by atoms with E-state index < -0.39 is 34.1 Å². The molecule has 0 aromatic heterocycles. The monoisotopic (exact) mass is 524 g/mol. The Hall–Kier alpha value is -1.64. The summed E-state index contributed by atoms with van der Waals surface area (Å²) in [5.74, 6) is -0.888. The molecule has 214 valence electrons. The molecule has 8 heteroatoms. The van der Waals surface area contributed by atoms with Crippen molar-refractivity contribution < 1.29 is 33.2 Å². The van der Waals surface area contributed by atoms with E-state index in [2.05, 4.69) is 54.6 Å². The highest BCUT2D eigenvalue weighted by molar-refractivity contribution is 6.55. The Morgan fingerprint density at radius 1 is 0.811 bits per heavy atom. The van der Waals surface area contributed by atoms with Crippen LogP contribution in [0.5, 0.6) is 0 Å². The Balaban J connectivity index is 5.66. The fraction of sp³-hybridized carbons (Fsp3) is 0.793. The van der Waals surface area contributed by atoms with Crippen molar-refractivity contribution in [3.05, 3.63) is 25.3 Å². The summed E-state index contributed by atoms with van der Waals surface area (Å²) in [5.41, 5.74) is -2.19. The molecule has 37 heavy (non-hydrogen) atoms. The van der Waals surface area contributed by atoms with Crippen molar-refractivity contribution in [3.63, 3.8) is 0 Å². The van der Waals surface area contributed by atoms with Crippen LogP contribution in [0.1, 0.15) is 88.5 Å². The topological polar surface area (TPSA) is 80.3 Å². The van der Waals surface area contributed by atoms with Crippen LogP contribution in [0.15, 0.2) is 25.3 Å². The van der Waals surface area contributed by atoms with Gasteiger partial charge in [0, 0.05) is 43.5 Å². The Kier molecular flexibility index (Phi) is 13.9. The molecule has 0 saturated heterocycles. The summed E-state index contributed by atoms with van der Waals surface area (Å²) in [4.78, 5) is 23.3. The van der Waals surface area contributed by atoms with Crippen LogP contribution in [0.2, 0.25) is 12.1 Å². The minimum atomic E-state index is -0.671. The molecule has 0 radical (unpaired) electrons. The maximum absolute atomic E-state index is 11.7. The smallest absolute Gasteiger partial charge is 0.330 e. The summed E-state index contributed by atoms with van der Waals surface area (Å²) >= 11 is 0. The third-order valence-electron chi connectivity index (χ3n) is 7.51. The van der Waals surface area contributed by atoms with Crippen LogP contribution in [-0.2, 0) is 33.2 Å². The van der Waals surface area contributed by atoms with E-state index in [0.717, 1.165) is 6.42 Å². The van der Waals surface area contributed by atoms with Crippen molar-refractivity contribution in [2.75, 3.05) is 26.4 Å². The molecule has 0 rings (SSSR count). The highest BCUT2D eigenvalue weighted by Gasteiger charge is 2.60. The Morgan fingerprint density at radius 2 is 1.27 bits per heavy atom. The first kappa shape index (κ1) is 35.4. The van der Waals surface area contributed by atoms with Gasteiger partial charge in [0.2, 0.25) is 0 Å². The van der Waals surface area contributed by atoms with Gasteiger partial charge in [0.1, 0.15) is 11.2 Å². The predicted molar refractivity (Wildman–Crippen MR) is 151 cm³/mol. The number of hydrogen-bond acceptors (Lipinski definition) is 7. The van der Waals surface area contributed by atoms with Gasteiger partial charge in [0.15, 0.2) is 0 Å². The first-order chi connectivity index (χ1) is 16.9. The zero-order chi connectivity index (χ0) is 29.1. The number of carbonyl (C=O) groups excluding carboxylic acids is 2. The molecule has 0 bridgehead atoms. The van der Waals surface area contributed by atoms with E-state index in [4.69, 9.17) is 23.6 Å². The molecule has 0 aliphatic rings. The van der Waals surface area contributed by atoms with Crippen molar-refractivity contribution in [1.29, 1.82) is 0 Å². The van der Waals surface area contributed by atoms with E-state index in [0.29, 0.717) is 39.3 Å². The molecule has 7 nitrogen and oxygen atoms in total. The molecule has 0 aliphatic carbocycles. The van der Waals surface area contributed by atoms with Gasteiger partial charge in [-0.15, -0.1) is 0 Å². The van der Waals surface area contributed by atoms with E-state index in [1.165, 1.54) is 12.2 Å². The molecule has 0 N–H and O–H groups in total. The van der Waals surface area contributed by atoms with Gasteiger partial charge in [-0.25, -0.2) is 9.59 Å². The quantitative estimate of drug-likeness (QED) is 0.0834. The summed E-state index contributed by atoms with van der Waals surface area (Å²) in [6.07, 6.45) is 4.24. The second kappa shape index (κ2) is 14.5. The highest BCUT2D eigenvalue weighted by Crippen LogP contribution is 2.60. The second-order valence-corrected chi connectivity index (χ2v) is 12.0. The lowest BCUT2D eigenvalue weighted by Gasteiger charge is -2.57. The number of esters is 2. The van der Waals surface area contributed by atoms with Crippen molar-refractivity contribution in [3.8, 4) is 0 Å². The maximum atomic E-state index is 11.7. The van der Waals surface area contributed by atoms with Gasteiger partial charge in [-0.1, -0.05) is 47.2 Å². The summed E-state index contributed by atoms with van der Waals surface area (Å²) in [7, 11) is 0. The van der Waals surface area contributed by atoms with Gasteiger partial charge in [0.05, 0.1) is 18.8 Å². The fourth-order valence-corrected chi connectivity index (χ4v) is 5.66. The Labute approximate surface area is 226 Å². The number of rotatable bonds is 19. The minimum absolute atomic E-state index is 0.187. The predicted octanol–water partition coefficient (Wildman–Crippen LogP) is 6.43. The number of hydrogen-bond donors (Lipinski definition) is 0. The lowest BCUT2D eigenvalue weighted by atomic mass is 9.33. The van der Waals surface area contributed by atoms with E-state index in [1.807, 2.05) is 34.6 Å². The van der Waals surface area contributed by atoms with E-state index in [1.54, 1.807) is 0 Å². The SMILES string of the molecule is C=CC(=O)OC(C)(C)CCOCC(C)(C)C(CC)(B(C)OCCC(C)(C)OC(=O)C=C)C(C)(C)OCC. The maximum Gasteiger partial charge on any atom is 0.330 e. The zero-order valence-electron chi connectivity index (χ0n) is 25.5. The van der Waals surface area contributed by atoms with Crippen LogP contribution in [0, 0.1) is 5.41 Å². The molecule has 0 amide bonds. The largest absolute Gasteiger partial charge is 0.456 e. The summed E-state index contributed by atoms with van der Waals surface area (Å²) in [6.45, 7) is 31.0. The number of ether oxygens (including phenoxy) is 4. The first-order valence-corrected chi connectivity index (χ1v) is 13.4. The van der Waals surface area contributed by atoms with Crippen LogP contribution in [0.25, 0.3) is 0 Å². The second-order valence-electron chi connectivity index (χ2n) is 12.0. The molecular formula is C29H53BO7. The lowest BCUT2D eigenvalue weighted by molar-refractivity contribution is -0.153. The highest BCUT2D eigenvalue weighted by atomic mass is 16.6. The third kappa shape index (κ3) is 10.2.